The summed E-state index contributed by atoms with van der Waals surface area (Å²) in [6.45, 7) is 0.442. The molecule has 1 aromatic rings. The largest absolute Gasteiger partial charge is 0.419 e. The van der Waals surface area contributed by atoms with Gasteiger partial charge in [0.1, 0.15) is 0 Å². The number of benzene rings is 1. The smallest absolute Gasteiger partial charge is 0.379 e. The van der Waals surface area contributed by atoms with Gasteiger partial charge in [-0.1, -0.05) is 6.07 Å². The molecule has 0 saturated carbocycles. The molecule has 5 nitrogen and oxygen atoms in total. The Labute approximate surface area is 131 Å². The molecular formula is C14H16F3NO4S. The molecule has 9 heteroatoms. The van der Waals surface area contributed by atoms with Crippen molar-refractivity contribution in [2.45, 2.75) is 30.0 Å². The number of rotatable bonds is 2. The monoisotopic (exact) mass is 351 g/mol. The fourth-order valence-corrected chi connectivity index (χ4v) is 3.51. The molecule has 0 aliphatic carbocycles. The predicted octanol–water partition coefficient (Wildman–Crippen LogP) is 1.54. The van der Waals surface area contributed by atoms with Crippen molar-refractivity contribution < 1.29 is 31.5 Å². The first-order valence-corrected chi connectivity index (χ1v) is 8.63. The molecule has 23 heavy (non-hydrogen) atoms. The van der Waals surface area contributed by atoms with Gasteiger partial charge in [-0.05, 0) is 24.6 Å². The van der Waals surface area contributed by atoms with Crippen LogP contribution < -0.4 is 0 Å². The second-order valence-corrected chi connectivity index (χ2v) is 7.74. The molecule has 0 aromatic heterocycles. The van der Waals surface area contributed by atoms with Crippen molar-refractivity contribution in [2.75, 3.05) is 19.3 Å². The zero-order valence-corrected chi connectivity index (χ0v) is 13.3. The van der Waals surface area contributed by atoms with Crippen molar-refractivity contribution in [1.29, 1.82) is 0 Å². The number of aryl methyl sites for hydroxylation is 1. The van der Waals surface area contributed by atoms with Gasteiger partial charge in [-0.3, -0.25) is 4.79 Å². The summed E-state index contributed by atoms with van der Waals surface area (Å²) < 4.78 is 61.7. The zero-order chi connectivity index (χ0) is 17.6. The second-order valence-electron chi connectivity index (χ2n) is 5.76. The van der Waals surface area contributed by atoms with E-state index in [4.69, 9.17) is 0 Å². The number of β-amino-alcohol motifs (C(OH)–C–C–N with tert-alkyl or cyclic N) is 1. The lowest BCUT2D eigenvalue weighted by molar-refractivity contribution is -0.253. The first-order valence-electron chi connectivity index (χ1n) is 6.74. The average Bonchev–Trinajstić information content (AvgIpc) is 2.81. The molecule has 0 spiro atoms. The first-order chi connectivity index (χ1) is 10.3. The fraction of sp³-hybridized carbons (Fsp3) is 0.500. The Morgan fingerprint density at radius 1 is 1.35 bits per heavy atom. The third-order valence-corrected chi connectivity index (χ3v) is 5.14. The molecule has 1 saturated heterocycles. The number of likely N-dealkylation sites (tertiary alicyclic amines) is 1. The van der Waals surface area contributed by atoms with Crippen LogP contribution in [0, 0.1) is 6.92 Å². The molecule has 1 fully saturated rings. The summed E-state index contributed by atoms with van der Waals surface area (Å²) >= 11 is 0. The van der Waals surface area contributed by atoms with Gasteiger partial charge >= 0.3 is 6.18 Å². The Balaban J connectivity index is 2.30. The molecule has 1 atom stereocenters. The summed E-state index contributed by atoms with van der Waals surface area (Å²) in [7, 11) is -3.56. The van der Waals surface area contributed by atoms with E-state index >= 15 is 0 Å². The minimum Gasteiger partial charge on any atom is -0.379 e. The summed E-state index contributed by atoms with van der Waals surface area (Å²) in [5, 5.41) is 9.61. The van der Waals surface area contributed by atoms with E-state index in [-0.39, 0.29) is 17.0 Å². The molecule has 1 aliphatic rings. The third-order valence-electron chi connectivity index (χ3n) is 3.90. The topological polar surface area (TPSA) is 74.7 Å². The Kier molecular flexibility index (Phi) is 4.23. The summed E-state index contributed by atoms with van der Waals surface area (Å²) in [6, 6.07) is 3.94. The van der Waals surface area contributed by atoms with E-state index in [1.54, 1.807) is 6.92 Å². The molecule has 1 unspecified atom stereocenters. The number of hydrogen-bond acceptors (Lipinski definition) is 4. The van der Waals surface area contributed by atoms with E-state index in [1.165, 1.54) is 12.1 Å². The third kappa shape index (κ3) is 3.35. The molecule has 1 N–H and O–H groups in total. The molecule has 1 aromatic carbocycles. The number of halogens is 3. The van der Waals surface area contributed by atoms with Gasteiger partial charge in [0.2, 0.25) is 0 Å². The fourth-order valence-electron chi connectivity index (χ4n) is 2.51. The predicted molar refractivity (Wildman–Crippen MR) is 75.8 cm³/mol. The van der Waals surface area contributed by atoms with Gasteiger partial charge in [0.25, 0.3) is 5.91 Å². The highest BCUT2D eigenvalue weighted by atomic mass is 32.2. The molecule has 2 rings (SSSR count). The lowest BCUT2D eigenvalue weighted by Gasteiger charge is -2.26. The van der Waals surface area contributed by atoms with Crippen LogP contribution in [0.1, 0.15) is 22.3 Å². The maximum Gasteiger partial charge on any atom is 0.419 e. The highest BCUT2D eigenvalue weighted by molar-refractivity contribution is 7.90. The summed E-state index contributed by atoms with van der Waals surface area (Å²) in [6.07, 6.45) is -4.44. The van der Waals surface area contributed by atoms with Crippen molar-refractivity contribution in [3.05, 3.63) is 29.3 Å². The molecule has 1 heterocycles. The standard InChI is InChI=1S/C14H16F3NO4S/c1-9-3-4-10(7-11(9)23(2,21)22)12(19)18-6-5-13(20,8-18)14(15,16)17/h3-4,7,20H,5-6,8H2,1-2H3. The van der Waals surface area contributed by atoms with Gasteiger partial charge in [0.05, 0.1) is 11.4 Å². The lowest BCUT2D eigenvalue weighted by Crippen LogP contribution is -2.48. The summed E-state index contributed by atoms with van der Waals surface area (Å²) in [5.41, 5.74) is -2.51. The number of aliphatic hydroxyl groups is 1. The van der Waals surface area contributed by atoms with Crippen LogP contribution in [-0.2, 0) is 9.84 Å². The van der Waals surface area contributed by atoms with Crippen LogP contribution in [0.2, 0.25) is 0 Å². The maximum atomic E-state index is 12.8. The van der Waals surface area contributed by atoms with Crippen LogP contribution in [0.3, 0.4) is 0 Å². The van der Waals surface area contributed by atoms with E-state index < -0.39 is 40.5 Å². The molecule has 1 amide bonds. The van der Waals surface area contributed by atoms with Crippen LogP contribution >= 0.6 is 0 Å². The molecular weight excluding hydrogens is 335 g/mol. The quantitative estimate of drug-likeness (QED) is 0.877. The van der Waals surface area contributed by atoms with Gasteiger partial charge in [-0.25, -0.2) is 8.42 Å². The average molecular weight is 351 g/mol. The van der Waals surface area contributed by atoms with Crippen molar-refractivity contribution in [3.8, 4) is 0 Å². The second kappa shape index (κ2) is 5.48. The number of amides is 1. The van der Waals surface area contributed by atoms with E-state index in [1.807, 2.05) is 0 Å². The number of hydrogen-bond donors (Lipinski definition) is 1. The van der Waals surface area contributed by atoms with Crippen LogP contribution in [0.15, 0.2) is 23.1 Å². The maximum absolute atomic E-state index is 12.8. The van der Waals surface area contributed by atoms with Crippen molar-refractivity contribution >= 4 is 15.7 Å². The van der Waals surface area contributed by atoms with Crippen LogP contribution in [0.4, 0.5) is 13.2 Å². The molecule has 0 radical (unpaired) electrons. The highest BCUT2D eigenvalue weighted by Crippen LogP contribution is 2.38. The number of carbonyl (C=O) groups is 1. The number of nitrogens with zero attached hydrogens (tertiary/aromatic N) is 1. The molecule has 1 aliphatic heterocycles. The van der Waals surface area contributed by atoms with Gasteiger partial charge in [-0.15, -0.1) is 0 Å². The van der Waals surface area contributed by atoms with Gasteiger partial charge in [0, 0.05) is 24.8 Å². The normalized spacial score (nSPS) is 22.4. The van der Waals surface area contributed by atoms with E-state index in [0.717, 1.165) is 17.2 Å². The van der Waals surface area contributed by atoms with Crippen LogP contribution in [0.5, 0.6) is 0 Å². The first kappa shape index (κ1) is 17.7. The van der Waals surface area contributed by atoms with Crippen LogP contribution in [0.25, 0.3) is 0 Å². The zero-order valence-electron chi connectivity index (χ0n) is 12.5. The Morgan fingerprint density at radius 2 is 1.96 bits per heavy atom. The number of sulfone groups is 1. The highest BCUT2D eigenvalue weighted by Gasteiger charge is 2.57. The Hall–Kier alpha value is -1.61. The van der Waals surface area contributed by atoms with Crippen molar-refractivity contribution in [3.63, 3.8) is 0 Å². The van der Waals surface area contributed by atoms with Crippen LogP contribution in [-0.4, -0.2) is 55.5 Å². The minimum atomic E-state index is -4.83. The number of carbonyl (C=O) groups excluding carboxylic acids is 1. The summed E-state index contributed by atoms with van der Waals surface area (Å²) in [4.78, 5) is 13.1. The molecule has 128 valence electrons. The molecule has 0 bridgehead atoms. The Bertz CT molecular complexity index is 745. The number of alkyl halides is 3. The van der Waals surface area contributed by atoms with E-state index in [0.29, 0.717) is 5.56 Å². The summed E-state index contributed by atoms with van der Waals surface area (Å²) in [5.74, 6) is -0.741. The van der Waals surface area contributed by atoms with Crippen molar-refractivity contribution in [1.82, 2.24) is 4.90 Å². The minimum absolute atomic E-state index is 0.0255. The van der Waals surface area contributed by atoms with E-state index in [9.17, 15) is 31.5 Å². The Morgan fingerprint density at radius 3 is 2.43 bits per heavy atom. The van der Waals surface area contributed by atoms with E-state index in [2.05, 4.69) is 0 Å². The lowest BCUT2D eigenvalue weighted by atomic mass is 10.0. The van der Waals surface area contributed by atoms with Gasteiger partial charge < -0.3 is 10.0 Å². The van der Waals surface area contributed by atoms with Gasteiger partial charge in [0.15, 0.2) is 15.4 Å². The van der Waals surface area contributed by atoms with Crippen molar-refractivity contribution in [2.24, 2.45) is 0 Å². The SMILES string of the molecule is Cc1ccc(C(=O)N2CCC(O)(C(F)(F)F)C2)cc1S(C)(=O)=O. The van der Waals surface area contributed by atoms with Gasteiger partial charge in [-0.2, -0.15) is 13.2 Å².